The lowest BCUT2D eigenvalue weighted by atomic mass is 10.1. The van der Waals surface area contributed by atoms with Gasteiger partial charge in [-0.3, -0.25) is 14.3 Å². The Labute approximate surface area is 119 Å². The molecule has 1 aromatic heterocycles. The summed E-state index contributed by atoms with van der Waals surface area (Å²) in [4.78, 5) is 26.4. The highest BCUT2D eigenvalue weighted by Gasteiger charge is 2.15. The second-order valence-electron chi connectivity index (χ2n) is 4.72. The Morgan fingerprint density at radius 2 is 1.90 bits per heavy atom. The molecular formula is C14H14ClFN2O2. The monoisotopic (exact) mass is 296 g/mol. The van der Waals surface area contributed by atoms with Crippen LogP contribution in [0.1, 0.15) is 24.1 Å². The van der Waals surface area contributed by atoms with Gasteiger partial charge in [0.25, 0.3) is 5.56 Å². The van der Waals surface area contributed by atoms with Crippen molar-refractivity contribution in [3.05, 3.63) is 67.2 Å². The van der Waals surface area contributed by atoms with Crippen molar-refractivity contribution in [1.82, 2.24) is 9.55 Å². The molecule has 0 amide bonds. The third-order valence-corrected chi connectivity index (χ3v) is 3.57. The van der Waals surface area contributed by atoms with Crippen LogP contribution in [-0.4, -0.2) is 9.55 Å². The Bertz CT molecular complexity index is 734. The maximum Gasteiger partial charge on any atom is 0.329 e. The molecule has 0 saturated heterocycles. The summed E-state index contributed by atoms with van der Waals surface area (Å²) in [5.74, 6) is -0.321. The molecule has 6 heteroatoms. The van der Waals surface area contributed by atoms with E-state index in [9.17, 15) is 14.0 Å². The highest BCUT2D eigenvalue weighted by Crippen LogP contribution is 2.12. The number of aromatic nitrogens is 2. The van der Waals surface area contributed by atoms with Gasteiger partial charge in [0.2, 0.25) is 0 Å². The maximum absolute atomic E-state index is 12.8. The second kappa shape index (κ2) is 5.63. The van der Waals surface area contributed by atoms with Crippen LogP contribution < -0.4 is 11.2 Å². The van der Waals surface area contributed by atoms with E-state index in [1.165, 1.54) is 12.1 Å². The van der Waals surface area contributed by atoms with Crippen molar-refractivity contribution in [2.75, 3.05) is 0 Å². The van der Waals surface area contributed by atoms with Crippen molar-refractivity contribution in [2.45, 2.75) is 26.3 Å². The summed E-state index contributed by atoms with van der Waals surface area (Å²) in [5.41, 5.74) is 0.198. The number of hydrogen-bond acceptors (Lipinski definition) is 2. The predicted octanol–water partition coefficient (Wildman–Crippen LogP) is 2.44. The quantitative estimate of drug-likeness (QED) is 0.885. The van der Waals surface area contributed by atoms with Crippen LogP contribution in [-0.2, 0) is 6.42 Å². The zero-order valence-electron chi connectivity index (χ0n) is 11.1. The lowest BCUT2D eigenvalue weighted by Crippen LogP contribution is -2.39. The number of benzene rings is 1. The van der Waals surface area contributed by atoms with Crippen molar-refractivity contribution >= 4 is 11.6 Å². The van der Waals surface area contributed by atoms with E-state index in [-0.39, 0.29) is 17.0 Å². The van der Waals surface area contributed by atoms with Crippen LogP contribution in [0.4, 0.5) is 4.39 Å². The van der Waals surface area contributed by atoms with Gasteiger partial charge in [-0.15, -0.1) is 0 Å². The lowest BCUT2D eigenvalue weighted by Gasteiger charge is -2.15. The van der Waals surface area contributed by atoms with Crippen LogP contribution in [0.5, 0.6) is 0 Å². The van der Waals surface area contributed by atoms with Crippen molar-refractivity contribution < 1.29 is 4.39 Å². The maximum atomic E-state index is 12.8. The summed E-state index contributed by atoms with van der Waals surface area (Å²) < 4.78 is 14.0. The molecule has 0 aliphatic carbocycles. The summed E-state index contributed by atoms with van der Waals surface area (Å²) in [6.07, 6.45) is 0.449. The highest BCUT2D eigenvalue weighted by atomic mass is 35.5. The number of H-pyrrole nitrogens is 1. The first-order valence-electron chi connectivity index (χ1n) is 6.15. The smallest absolute Gasteiger partial charge is 0.297 e. The molecule has 0 aliphatic rings. The molecule has 1 heterocycles. The standard InChI is InChI=1S/C14H14ClFN2O2/c1-8(7-10-3-5-11(16)6-4-10)18-13(19)9(2)12(15)17-14(18)20/h3-6,8H,7H2,1-2H3,(H,17,20). The molecule has 0 spiro atoms. The minimum atomic E-state index is -0.541. The van der Waals surface area contributed by atoms with Crippen LogP contribution in [0, 0.1) is 12.7 Å². The zero-order chi connectivity index (χ0) is 14.9. The van der Waals surface area contributed by atoms with Crippen LogP contribution in [0.15, 0.2) is 33.9 Å². The first-order chi connectivity index (χ1) is 9.40. The van der Waals surface area contributed by atoms with Crippen molar-refractivity contribution in [3.8, 4) is 0 Å². The van der Waals surface area contributed by atoms with E-state index < -0.39 is 11.2 Å². The largest absolute Gasteiger partial charge is 0.329 e. The number of halogens is 2. The van der Waals surface area contributed by atoms with Gasteiger partial charge in [-0.05, 0) is 38.0 Å². The Morgan fingerprint density at radius 3 is 2.50 bits per heavy atom. The van der Waals surface area contributed by atoms with Gasteiger partial charge >= 0.3 is 5.69 Å². The average Bonchev–Trinajstić information content (AvgIpc) is 2.39. The molecule has 0 aliphatic heterocycles. The number of rotatable bonds is 3. The van der Waals surface area contributed by atoms with Crippen LogP contribution in [0.2, 0.25) is 5.15 Å². The number of hydrogen-bond donors (Lipinski definition) is 1. The van der Waals surface area contributed by atoms with Crippen LogP contribution in [0.3, 0.4) is 0 Å². The number of nitrogens with one attached hydrogen (secondary N) is 1. The third-order valence-electron chi connectivity index (χ3n) is 3.19. The van der Waals surface area contributed by atoms with Gasteiger partial charge in [0, 0.05) is 11.6 Å². The Balaban J connectivity index is 2.37. The molecule has 2 rings (SSSR count). The minimum Gasteiger partial charge on any atom is -0.297 e. The first-order valence-corrected chi connectivity index (χ1v) is 6.53. The van der Waals surface area contributed by atoms with Gasteiger partial charge in [0.1, 0.15) is 11.0 Å². The van der Waals surface area contributed by atoms with Gasteiger partial charge in [-0.1, -0.05) is 23.7 Å². The molecule has 1 N–H and O–H groups in total. The van der Waals surface area contributed by atoms with Gasteiger partial charge in [-0.25, -0.2) is 9.18 Å². The molecule has 0 fully saturated rings. The summed E-state index contributed by atoms with van der Waals surface area (Å²) in [6, 6.07) is 5.61. The molecular weight excluding hydrogens is 283 g/mol. The summed E-state index contributed by atoms with van der Waals surface area (Å²) >= 11 is 5.76. The molecule has 0 radical (unpaired) electrons. The molecule has 1 atom stereocenters. The van der Waals surface area contributed by atoms with Gasteiger partial charge in [0.05, 0.1) is 0 Å². The molecule has 0 bridgehead atoms. The highest BCUT2D eigenvalue weighted by molar-refractivity contribution is 6.30. The Hall–Kier alpha value is -1.88. The third kappa shape index (κ3) is 2.82. The number of nitrogens with zero attached hydrogens (tertiary/aromatic N) is 1. The van der Waals surface area contributed by atoms with Gasteiger partial charge in [0.15, 0.2) is 0 Å². The van der Waals surface area contributed by atoms with E-state index in [0.717, 1.165) is 10.1 Å². The fraction of sp³-hybridized carbons (Fsp3) is 0.286. The number of aromatic amines is 1. The molecule has 1 aromatic carbocycles. The normalized spacial score (nSPS) is 12.4. The molecule has 0 saturated carbocycles. The molecule has 1 unspecified atom stereocenters. The van der Waals surface area contributed by atoms with Gasteiger partial charge in [-0.2, -0.15) is 0 Å². The van der Waals surface area contributed by atoms with E-state index in [2.05, 4.69) is 4.98 Å². The Morgan fingerprint density at radius 1 is 1.30 bits per heavy atom. The minimum absolute atomic E-state index is 0.0604. The molecule has 4 nitrogen and oxygen atoms in total. The van der Waals surface area contributed by atoms with E-state index in [0.29, 0.717) is 12.0 Å². The van der Waals surface area contributed by atoms with E-state index in [4.69, 9.17) is 11.6 Å². The zero-order valence-corrected chi connectivity index (χ0v) is 11.9. The van der Waals surface area contributed by atoms with Crippen molar-refractivity contribution in [3.63, 3.8) is 0 Å². The van der Waals surface area contributed by atoms with Gasteiger partial charge < -0.3 is 0 Å². The molecule has 106 valence electrons. The fourth-order valence-electron chi connectivity index (χ4n) is 2.07. The SMILES string of the molecule is Cc1c(Cl)[nH]c(=O)n(C(C)Cc2ccc(F)cc2)c1=O. The molecule has 2 aromatic rings. The Kier molecular flexibility index (Phi) is 4.09. The summed E-state index contributed by atoms with van der Waals surface area (Å²) in [5, 5.41) is 0.0604. The topological polar surface area (TPSA) is 54.9 Å². The molecule has 20 heavy (non-hydrogen) atoms. The fourth-order valence-corrected chi connectivity index (χ4v) is 2.23. The lowest BCUT2D eigenvalue weighted by molar-refractivity contribution is 0.498. The first kappa shape index (κ1) is 14.5. The van der Waals surface area contributed by atoms with E-state index in [1.54, 1.807) is 26.0 Å². The van der Waals surface area contributed by atoms with E-state index in [1.807, 2.05) is 0 Å². The van der Waals surface area contributed by atoms with Crippen molar-refractivity contribution in [1.29, 1.82) is 0 Å². The average molecular weight is 297 g/mol. The van der Waals surface area contributed by atoms with Crippen LogP contribution in [0.25, 0.3) is 0 Å². The summed E-state index contributed by atoms with van der Waals surface area (Å²) in [7, 11) is 0. The van der Waals surface area contributed by atoms with Crippen LogP contribution >= 0.6 is 11.6 Å². The predicted molar refractivity (Wildman–Crippen MR) is 75.9 cm³/mol. The van der Waals surface area contributed by atoms with Crippen molar-refractivity contribution in [2.24, 2.45) is 0 Å². The summed E-state index contributed by atoms with van der Waals surface area (Å²) in [6.45, 7) is 3.31. The second-order valence-corrected chi connectivity index (χ2v) is 5.10. The van der Waals surface area contributed by atoms with E-state index >= 15 is 0 Å².